The van der Waals surface area contributed by atoms with Gasteiger partial charge in [0.15, 0.2) is 0 Å². The predicted molar refractivity (Wildman–Crippen MR) is 74.1 cm³/mol. The van der Waals surface area contributed by atoms with Crippen LogP contribution in [0.4, 0.5) is 4.79 Å². The van der Waals surface area contributed by atoms with Crippen molar-refractivity contribution >= 4 is 6.09 Å². The van der Waals surface area contributed by atoms with Crippen molar-refractivity contribution in [1.82, 2.24) is 4.90 Å². The third-order valence-corrected chi connectivity index (χ3v) is 3.21. The molecule has 1 heterocycles. The third kappa shape index (κ3) is 3.11. The van der Waals surface area contributed by atoms with Crippen molar-refractivity contribution in [2.45, 2.75) is 44.6 Å². The maximum Gasteiger partial charge on any atom is 0.410 e. The van der Waals surface area contributed by atoms with Crippen molar-refractivity contribution in [3.63, 3.8) is 0 Å². The molecule has 1 fully saturated rings. The quantitative estimate of drug-likeness (QED) is 0.821. The lowest BCUT2D eigenvalue weighted by atomic mass is 10.0. The van der Waals surface area contributed by atoms with Crippen LogP contribution in [-0.2, 0) is 4.74 Å². The van der Waals surface area contributed by atoms with Crippen LogP contribution in [0.1, 0.15) is 32.4 Å². The summed E-state index contributed by atoms with van der Waals surface area (Å²) in [5.41, 5.74) is 0.166. The number of β-amino-alcohol motifs (C(OH)–C–C–N with tert-alkyl or cyclic N) is 1. The van der Waals surface area contributed by atoms with Crippen molar-refractivity contribution in [3.05, 3.63) is 35.9 Å². The van der Waals surface area contributed by atoms with E-state index in [1.165, 1.54) is 4.90 Å². The van der Waals surface area contributed by atoms with Gasteiger partial charge in [-0.3, -0.25) is 4.90 Å². The molecule has 0 bridgehead atoms. The molecule has 1 amide bonds. The van der Waals surface area contributed by atoms with Crippen molar-refractivity contribution in [1.29, 1.82) is 0 Å². The zero-order valence-electron chi connectivity index (χ0n) is 12.0. The molecule has 0 aromatic heterocycles. The SMILES string of the molecule is CC(C)(C)OC(=O)N1C[C@H](O)[C@H](O)[C@H]1c1ccccc1. The van der Waals surface area contributed by atoms with Gasteiger partial charge >= 0.3 is 6.09 Å². The summed E-state index contributed by atoms with van der Waals surface area (Å²) in [5.74, 6) is 0. The van der Waals surface area contributed by atoms with E-state index >= 15 is 0 Å². The van der Waals surface area contributed by atoms with Crippen LogP contribution in [0.5, 0.6) is 0 Å². The Balaban J connectivity index is 2.25. The largest absolute Gasteiger partial charge is 0.444 e. The van der Waals surface area contributed by atoms with Crippen LogP contribution >= 0.6 is 0 Å². The van der Waals surface area contributed by atoms with Crippen LogP contribution in [-0.4, -0.2) is 45.6 Å². The lowest BCUT2D eigenvalue weighted by Gasteiger charge is -2.29. The fourth-order valence-electron chi connectivity index (χ4n) is 2.35. The summed E-state index contributed by atoms with van der Waals surface area (Å²) in [6.45, 7) is 5.41. The third-order valence-electron chi connectivity index (χ3n) is 3.21. The number of hydrogen-bond acceptors (Lipinski definition) is 4. The molecule has 110 valence electrons. The van der Waals surface area contributed by atoms with Gasteiger partial charge in [0.05, 0.1) is 18.7 Å². The average Bonchev–Trinajstić information content (AvgIpc) is 2.65. The molecule has 1 aliphatic rings. The first-order valence-electron chi connectivity index (χ1n) is 6.70. The molecule has 3 atom stereocenters. The van der Waals surface area contributed by atoms with E-state index < -0.39 is 29.9 Å². The number of carbonyl (C=O) groups is 1. The van der Waals surface area contributed by atoms with E-state index in [-0.39, 0.29) is 6.54 Å². The van der Waals surface area contributed by atoms with Gasteiger partial charge in [0.1, 0.15) is 11.7 Å². The van der Waals surface area contributed by atoms with Crippen molar-refractivity contribution < 1.29 is 19.7 Å². The molecule has 2 rings (SSSR count). The van der Waals surface area contributed by atoms with Gasteiger partial charge in [0, 0.05) is 0 Å². The molecule has 1 aromatic carbocycles. The van der Waals surface area contributed by atoms with E-state index in [1.807, 2.05) is 30.3 Å². The van der Waals surface area contributed by atoms with Gasteiger partial charge < -0.3 is 14.9 Å². The monoisotopic (exact) mass is 279 g/mol. The molecule has 2 N–H and O–H groups in total. The smallest absolute Gasteiger partial charge is 0.410 e. The molecule has 0 aliphatic carbocycles. The van der Waals surface area contributed by atoms with Crippen LogP contribution < -0.4 is 0 Å². The van der Waals surface area contributed by atoms with E-state index in [0.29, 0.717) is 0 Å². The Bertz CT molecular complexity index is 469. The molecular weight excluding hydrogens is 258 g/mol. The Hall–Kier alpha value is -1.59. The second-order valence-corrected chi connectivity index (χ2v) is 6.05. The number of carbonyl (C=O) groups excluding carboxylic acids is 1. The lowest BCUT2D eigenvalue weighted by molar-refractivity contribution is 0.0133. The zero-order valence-corrected chi connectivity index (χ0v) is 12.0. The number of hydrogen-bond donors (Lipinski definition) is 2. The minimum atomic E-state index is -1.01. The van der Waals surface area contributed by atoms with Gasteiger partial charge in [0.25, 0.3) is 0 Å². The summed E-state index contributed by atoms with van der Waals surface area (Å²) in [4.78, 5) is 13.6. The Morgan fingerprint density at radius 2 is 1.85 bits per heavy atom. The summed E-state index contributed by atoms with van der Waals surface area (Å²) in [5, 5.41) is 20.0. The second-order valence-electron chi connectivity index (χ2n) is 6.05. The molecule has 1 aromatic rings. The summed E-state index contributed by atoms with van der Waals surface area (Å²) in [6.07, 6.45) is -2.50. The molecule has 0 radical (unpaired) electrons. The topological polar surface area (TPSA) is 70.0 Å². The molecule has 1 aliphatic heterocycles. The second kappa shape index (κ2) is 5.42. The van der Waals surface area contributed by atoms with Crippen LogP contribution in [0.2, 0.25) is 0 Å². The van der Waals surface area contributed by atoms with Crippen molar-refractivity contribution in [2.24, 2.45) is 0 Å². The highest BCUT2D eigenvalue weighted by Crippen LogP contribution is 2.33. The number of ether oxygens (including phenoxy) is 1. The first-order chi connectivity index (χ1) is 9.29. The van der Waals surface area contributed by atoms with Gasteiger partial charge in [0.2, 0.25) is 0 Å². The highest BCUT2D eigenvalue weighted by Gasteiger charge is 2.44. The number of aliphatic hydroxyl groups excluding tert-OH is 2. The van der Waals surface area contributed by atoms with Gasteiger partial charge in [-0.1, -0.05) is 30.3 Å². The van der Waals surface area contributed by atoms with E-state index in [2.05, 4.69) is 0 Å². The summed E-state index contributed by atoms with van der Waals surface area (Å²) in [6, 6.07) is 8.59. The van der Waals surface area contributed by atoms with E-state index in [0.717, 1.165) is 5.56 Å². The molecular formula is C15H21NO4. The van der Waals surface area contributed by atoms with Crippen LogP contribution in [0.15, 0.2) is 30.3 Å². The molecule has 0 unspecified atom stereocenters. The van der Waals surface area contributed by atoms with E-state index in [1.54, 1.807) is 20.8 Å². The number of benzene rings is 1. The maximum atomic E-state index is 12.2. The van der Waals surface area contributed by atoms with Crippen molar-refractivity contribution in [3.8, 4) is 0 Å². The highest BCUT2D eigenvalue weighted by atomic mass is 16.6. The summed E-state index contributed by atoms with van der Waals surface area (Å²) < 4.78 is 5.33. The first kappa shape index (κ1) is 14.8. The molecule has 1 saturated heterocycles. The highest BCUT2D eigenvalue weighted by molar-refractivity contribution is 5.69. The van der Waals surface area contributed by atoms with Crippen LogP contribution in [0.3, 0.4) is 0 Å². The van der Waals surface area contributed by atoms with Crippen LogP contribution in [0.25, 0.3) is 0 Å². The maximum absolute atomic E-state index is 12.2. The normalized spacial score (nSPS) is 26.6. The molecule has 0 saturated carbocycles. The van der Waals surface area contributed by atoms with Gasteiger partial charge in [-0.05, 0) is 26.3 Å². The number of amides is 1. The average molecular weight is 279 g/mol. The van der Waals surface area contributed by atoms with Crippen LogP contribution in [0, 0.1) is 0 Å². The fraction of sp³-hybridized carbons (Fsp3) is 0.533. The molecule has 0 spiro atoms. The fourth-order valence-corrected chi connectivity index (χ4v) is 2.35. The van der Waals surface area contributed by atoms with Gasteiger partial charge in [-0.25, -0.2) is 4.79 Å². The summed E-state index contributed by atoms with van der Waals surface area (Å²) in [7, 11) is 0. The number of rotatable bonds is 1. The lowest BCUT2D eigenvalue weighted by Crippen LogP contribution is -2.38. The van der Waals surface area contributed by atoms with Crippen molar-refractivity contribution in [2.75, 3.05) is 6.54 Å². The minimum Gasteiger partial charge on any atom is -0.444 e. The number of likely N-dealkylation sites (tertiary alicyclic amines) is 1. The predicted octanol–water partition coefficient (Wildman–Crippen LogP) is 1.70. The number of aliphatic hydroxyl groups is 2. The Morgan fingerprint density at radius 1 is 1.25 bits per heavy atom. The zero-order chi connectivity index (χ0) is 14.9. The van der Waals surface area contributed by atoms with E-state index in [4.69, 9.17) is 4.74 Å². The molecule has 5 heteroatoms. The Labute approximate surface area is 118 Å². The van der Waals surface area contributed by atoms with Gasteiger partial charge in [-0.2, -0.15) is 0 Å². The minimum absolute atomic E-state index is 0.0651. The molecule has 20 heavy (non-hydrogen) atoms. The molecule has 5 nitrogen and oxygen atoms in total. The number of nitrogens with zero attached hydrogens (tertiary/aromatic N) is 1. The first-order valence-corrected chi connectivity index (χ1v) is 6.70. The van der Waals surface area contributed by atoms with Gasteiger partial charge in [-0.15, -0.1) is 0 Å². The van der Waals surface area contributed by atoms with E-state index in [9.17, 15) is 15.0 Å². The Kier molecular flexibility index (Phi) is 4.01. The Morgan fingerprint density at radius 3 is 2.40 bits per heavy atom. The standard InChI is InChI=1S/C15H21NO4/c1-15(2,3)20-14(19)16-9-11(17)13(18)12(16)10-7-5-4-6-8-10/h4-8,11-13,17-18H,9H2,1-3H3/t11-,12+,13-/m0/s1. The summed E-state index contributed by atoms with van der Waals surface area (Å²) >= 11 is 0.